The van der Waals surface area contributed by atoms with Crippen LogP contribution in [0.5, 0.6) is 0 Å². The van der Waals surface area contributed by atoms with Crippen LogP contribution < -0.4 is 0 Å². The van der Waals surface area contributed by atoms with Gasteiger partial charge in [0.25, 0.3) is 0 Å². The number of fused-ring (bicyclic) bond motifs is 3. The third-order valence-electron chi connectivity index (χ3n) is 5.95. The molecule has 1 aliphatic carbocycles. The standard InChI is InChI=1S/C20H22F2N2O2/c1-26-19(25)13-5-8-20(22,9-6-13)10-7-16-18-14(3-2-4-15(18)21)17-11-23-12-24(16)17/h2-4,11-13,16H,5-10H2,1H3. The summed E-state index contributed by atoms with van der Waals surface area (Å²) in [6.45, 7) is 0. The fourth-order valence-corrected chi connectivity index (χ4v) is 4.47. The van der Waals surface area contributed by atoms with Gasteiger partial charge in [-0.2, -0.15) is 0 Å². The first-order valence-corrected chi connectivity index (χ1v) is 9.10. The van der Waals surface area contributed by atoms with Crippen LogP contribution in [0.1, 0.15) is 50.1 Å². The molecule has 0 radical (unpaired) electrons. The van der Waals surface area contributed by atoms with Gasteiger partial charge in [0.05, 0.1) is 37.3 Å². The van der Waals surface area contributed by atoms with Crippen LogP contribution in [0.4, 0.5) is 8.78 Å². The lowest BCUT2D eigenvalue weighted by Gasteiger charge is -2.33. The number of benzene rings is 1. The van der Waals surface area contributed by atoms with Gasteiger partial charge in [-0.05, 0) is 44.6 Å². The number of aromatic nitrogens is 2. The van der Waals surface area contributed by atoms with Crippen molar-refractivity contribution in [2.24, 2.45) is 5.92 Å². The highest BCUT2D eigenvalue weighted by atomic mass is 19.1. The van der Waals surface area contributed by atoms with Gasteiger partial charge in [-0.15, -0.1) is 0 Å². The Bertz CT molecular complexity index is 825. The molecule has 2 heterocycles. The molecule has 4 nitrogen and oxygen atoms in total. The highest BCUT2D eigenvalue weighted by Crippen LogP contribution is 2.46. The van der Waals surface area contributed by atoms with E-state index in [1.54, 1.807) is 18.6 Å². The fourth-order valence-electron chi connectivity index (χ4n) is 4.47. The smallest absolute Gasteiger partial charge is 0.308 e. The van der Waals surface area contributed by atoms with Gasteiger partial charge in [0.1, 0.15) is 11.5 Å². The lowest BCUT2D eigenvalue weighted by molar-refractivity contribution is -0.147. The predicted octanol–water partition coefficient (Wildman–Crippen LogP) is 4.44. The molecule has 1 aromatic carbocycles. The van der Waals surface area contributed by atoms with Crippen LogP contribution >= 0.6 is 0 Å². The summed E-state index contributed by atoms with van der Waals surface area (Å²) in [7, 11) is 1.37. The quantitative estimate of drug-likeness (QED) is 0.757. The maximum Gasteiger partial charge on any atom is 0.308 e. The van der Waals surface area contributed by atoms with Crippen molar-refractivity contribution in [3.05, 3.63) is 42.1 Å². The van der Waals surface area contributed by atoms with Crippen molar-refractivity contribution < 1.29 is 18.3 Å². The number of ether oxygens (including phenoxy) is 1. The van der Waals surface area contributed by atoms with E-state index < -0.39 is 5.67 Å². The fraction of sp³-hybridized carbons (Fsp3) is 0.500. The molecule has 2 aromatic rings. The zero-order valence-electron chi connectivity index (χ0n) is 14.8. The molecule has 1 unspecified atom stereocenters. The summed E-state index contributed by atoms with van der Waals surface area (Å²) in [6.07, 6.45) is 5.99. The molecule has 1 aliphatic heterocycles. The largest absolute Gasteiger partial charge is 0.469 e. The summed E-state index contributed by atoms with van der Waals surface area (Å²) >= 11 is 0. The first-order chi connectivity index (χ1) is 12.5. The Hall–Kier alpha value is -2.24. The Morgan fingerprint density at radius 2 is 2.15 bits per heavy atom. The minimum absolute atomic E-state index is 0.200. The van der Waals surface area contributed by atoms with E-state index in [0.29, 0.717) is 44.1 Å². The van der Waals surface area contributed by atoms with Crippen LogP contribution in [-0.2, 0) is 9.53 Å². The maximum atomic E-state index is 15.3. The molecule has 0 amide bonds. The van der Waals surface area contributed by atoms with Gasteiger partial charge in [0, 0.05) is 11.1 Å². The van der Waals surface area contributed by atoms with Crippen LogP contribution in [0.15, 0.2) is 30.7 Å². The second kappa shape index (κ2) is 6.49. The highest BCUT2D eigenvalue weighted by Gasteiger charge is 2.40. The SMILES string of the molecule is COC(=O)C1CCC(F)(CCC2c3c(F)cccc3-c3cncn32)CC1. The molecule has 1 atom stereocenters. The summed E-state index contributed by atoms with van der Waals surface area (Å²) < 4.78 is 36.4. The Labute approximate surface area is 151 Å². The second-order valence-electron chi connectivity index (χ2n) is 7.39. The molecule has 0 saturated heterocycles. The van der Waals surface area contributed by atoms with Crippen LogP contribution in [0.2, 0.25) is 0 Å². The van der Waals surface area contributed by atoms with E-state index in [-0.39, 0.29) is 23.7 Å². The van der Waals surface area contributed by atoms with Crippen molar-refractivity contribution >= 4 is 5.97 Å². The molecule has 0 N–H and O–H groups in total. The molecule has 1 fully saturated rings. The number of nitrogens with zero attached hydrogens (tertiary/aromatic N) is 2. The molecule has 6 heteroatoms. The first kappa shape index (κ1) is 17.2. The zero-order valence-corrected chi connectivity index (χ0v) is 14.8. The van der Waals surface area contributed by atoms with Gasteiger partial charge in [-0.3, -0.25) is 4.79 Å². The molecule has 4 rings (SSSR count). The van der Waals surface area contributed by atoms with Crippen molar-refractivity contribution in [2.75, 3.05) is 7.11 Å². The molecule has 138 valence electrons. The minimum atomic E-state index is -1.31. The number of alkyl halides is 1. The summed E-state index contributed by atoms with van der Waals surface area (Å²) in [6, 6.07) is 4.81. The monoisotopic (exact) mass is 360 g/mol. The van der Waals surface area contributed by atoms with E-state index in [0.717, 1.165) is 11.3 Å². The number of methoxy groups -OCH3 is 1. The van der Waals surface area contributed by atoms with E-state index in [4.69, 9.17) is 4.74 Å². The number of halogens is 2. The zero-order chi connectivity index (χ0) is 18.3. The third-order valence-corrected chi connectivity index (χ3v) is 5.95. The first-order valence-electron chi connectivity index (χ1n) is 9.10. The number of carbonyl (C=O) groups excluding carboxylic acids is 1. The average Bonchev–Trinajstić information content (AvgIpc) is 3.22. The number of hydrogen-bond donors (Lipinski definition) is 0. The number of carbonyl (C=O) groups is 1. The van der Waals surface area contributed by atoms with E-state index in [9.17, 15) is 9.18 Å². The number of imidazole rings is 1. The molecule has 0 bridgehead atoms. The second-order valence-corrected chi connectivity index (χ2v) is 7.39. The molecule has 0 spiro atoms. The number of rotatable bonds is 4. The number of esters is 1. The van der Waals surface area contributed by atoms with E-state index >= 15 is 4.39 Å². The van der Waals surface area contributed by atoms with Crippen molar-refractivity contribution in [1.29, 1.82) is 0 Å². The predicted molar refractivity (Wildman–Crippen MR) is 92.8 cm³/mol. The third kappa shape index (κ3) is 2.81. The molecular formula is C20H22F2N2O2. The van der Waals surface area contributed by atoms with Crippen molar-refractivity contribution in [1.82, 2.24) is 9.55 Å². The van der Waals surface area contributed by atoms with E-state index in [1.165, 1.54) is 13.2 Å². The van der Waals surface area contributed by atoms with Gasteiger partial charge in [-0.25, -0.2) is 13.8 Å². The summed E-state index contributed by atoms with van der Waals surface area (Å²) in [5, 5.41) is 0. The lowest BCUT2D eigenvalue weighted by Crippen LogP contribution is -2.33. The van der Waals surface area contributed by atoms with Gasteiger partial charge < -0.3 is 9.30 Å². The topological polar surface area (TPSA) is 44.1 Å². The highest BCUT2D eigenvalue weighted by molar-refractivity contribution is 5.72. The van der Waals surface area contributed by atoms with Crippen LogP contribution in [-0.4, -0.2) is 28.3 Å². The van der Waals surface area contributed by atoms with Crippen LogP contribution in [0, 0.1) is 11.7 Å². The van der Waals surface area contributed by atoms with Crippen LogP contribution in [0.25, 0.3) is 11.3 Å². The average molecular weight is 360 g/mol. The molecule has 1 aromatic heterocycles. The minimum Gasteiger partial charge on any atom is -0.469 e. The lowest BCUT2D eigenvalue weighted by atomic mass is 9.77. The molecule has 1 saturated carbocycles. The van der Waals surface area contributed by atoms with Crippen LogP contribution in [0.3, 0.4) is 0 Å². The molecule has 26 heavy (non-hydrogen) atoms. The van der Waals surface area contributed by atoms with Gasteiger partial charge in [0.15, 0.2) is 0 Å². The van der Waals surface area contributed by atoms with Gasteiger partial charge >= 0.3 is 5.97 Å². The van der Waals surface area contributed by atoms with E-state index in [1.807, 2.05) is 10.6 Å². The van der Waals surface area contributed by atoms with Crippen molar-refractivity contribution in [2.45, 2.75) is 50.2 Å². The Kier molecular flexibility index (Phi) is 4.29. The Balaban J connectivity index is 1.49. The number of hydrogen-bond acceptors (Lipinski definition) is 3. The van der Waals surface area contributed by atoms with E-state index in [2.05, 4.69) is 4.98 Å². The molecule has 2 aliphatic rings. The Morgan fingerprint density at radius 3 is 2.88 bits per heavy atom. The summed E-state index contributed by atoms with van der Waals surface area (Å²) in [5.41, 5.74) is 1.05. The Morgan fingerprint density at radius 1 is 1.38 bits per heavy atom. The summed E-state index contributed by atoms with van der Waals surface area (Å²) in [5.74, 6) is -0.700. The maximum absolute atomic E-state index is 15.3. The van der Waals surface area contributed by atoms with Gasteiger partial charge in [0.2, 0.25) is 0 Å². The van der Waals surface area contributed by atoms with Crippen molar-refractivity contribution in [3.63, 3.8) is 0 Å². The molecular weight excluding hydrogens is 338 g/mol. The van der Waals surface area contributed by atoms with Crippen molar-refractivity contribution in [3.8, 4) is 11.3 Å². The normalized spacial score (nSPS) is 27.0. The van der Waals surface area contributed by atoms with Gasteiger partial charge in [-0.1, -0.05) is 12.1 Å². The summed E-state index contributed by atoms with van der Waals surface area (Å²) in [4.78, 5) is 15.8.